The van der Waals surface area contributed by atoms with Gasteiger partial charge in [0, 0.05) is 16.6 Å². The predicted octanol–water partition coefficient (Wildman–Crippen LogP) is 3.08. The van der Waals surface area contributed by atoms with E-state index in [4.69, 9.17) is 23.2 Å². The highest BCUT2D eigenvalue weighted by atomic mass is 35.5. The Morgan fingerprint density at radius 1 is 1.50 bits per heavy atom. The van der Waals surface area contributed by atoms with E-state index in [-0.39, 0.29) is 5.91 Å². The quantitative estimate of drug-likeness (QED) is 0.684. The van der Waals surface area contributed by atoms with Gasteiger partial charge in [-0.25, -0.2) is 0 Å². The Balaban J connectivity index is 0.000000293. The van der Waals surface area contributed by atoms with Crippen LogP contribution in [0.2, 0.25) is 5.02 Å². The van der Waals surface area contributed by atoms with Gasteiger partial charge in [0.15, 0.2) is 0 Å². The van der Waals surface area contributed by atoms with Crippen LogP contribution in [-0.2, 0) is 11.2 Å². The minimum absolute atomic E-state index is 0.0438. The lowest BCUT2D eigenvalue weighted by atomic mass is 10.2. The highest BCUT2D eigenvalue weighted by molar-refractivity contribution is 6.31. The molecule has 0 spiro atoms. The number of alkyl halides is 1. The van der Waals surface area contributed by atoms with Crippen molar-refractivity contribution in [3.63, 3.8) is 0 Å². The minimum Gasteiger partial charge on any atom is -0.325 e. The topological polar surface area (TPSA) is 29.1 Å². The molecule has 14 heavy (non-hydrogen) atoms. The maximum Gasteiger partial charge on any atom is 0.228 e. The fraction of sp³-hybridized carbons (Fsp3) is 0.300. The van der Waals surface area contributed by atoms with Gasteiger partial charge in [-0.3, -0.25) is 4.79 Å². The molecule has 1 aromatic carbocycles. The molecule has 0 unspecified atom stereocenters. The third kappa shape index (κ3) is 2.89. The van der Waals surface area contributed by atoms with Crippen molar-refractivity contribution in [3.05, 3.63) is 28.8 Å². The molecule has 1 aromatic rings. The molecule has 76 valence electrons. The molecule has 0 aliphatic carbocycles. The summed E-state index contributed by atoms with van der Waals surface area (Å²) >= 11 is 10.7. The molecule has 1 amide bonds. The number of benzene rings is 1. The highest BCUT2D eigenvalue weighted by Crippen LogP contribution is 2.25. The number of carbonyl (C=O) groups excluding carboxylic acids is 1. The Morgan fingerprint density at radius 2 is 2.14 bits per heavy atom. The average molecular weight is 232 g/mol. The number of anilines is 1. The molecule has 0 radical (unpaired) electrons. The second-order valence-electron chi connectivity index (χ2n) is 2.79. The van der Waals surface area contributed by atoms with Crippen molar-refractivity contribution in [2.45, 2.75) is 13.3 Å². The van der Waals surface area contributed by atoms with Gasteiger partial charge in [0.2, 0.25) is 5.91 Å². The van der Waals surface area contributed by atoms with E-state index in [0.29, 0.717) is 11.4 Å². The summed E-state index contributed by atoms with van der Waals surface area (Å²) in [6.45, 7) is 1.89. The van der Waals surface area contributed by atoms with Gasteiger partial charge < -0.3 is 5.32 Å². The summed E-state index contributed by atoms with van der Waals surface area (Å²) < 4.78 is 0. The van der Waals surface area contributed by atoms with E-state index in [9.17, 15) is 4.79 Å². The van der Waals surface area contributed by atoms with Crippen LogP contribution in [0.25, 0.3) is 0 Å². The largest absolute Gasteiger partial charge is 0.325 e. The van der Waals surface area contributed by atoms with Crippen LogP contribution in [0.4, 0.5) is 5.69 Å². The fourth-order valence-corrected chi connectivity index (χ4v) is 1.36. The zero-order valence-corrected chi connectivity index (χ0v) is 9.32. The molecule has 2 rings (SSSR count). The Bertz CT molecular complexity index is 339. The van der Waals surface area contributed by atoms with E-state index in [1.807, 2.05) is 13.0 Å². The molecule has 0 saturated carbocycles. The molecule has 1 aliphatic heterocycles. The number of hydrogen-bond acceptors (Lipinski definition) is 1. The lowest BCUT2D eigenvalue weighted by Crippen LogP contribution is -2.03. The molecule has 4 heteroatoms. The predicted molar refractivity (Wildman–Crippen MR) is 60.2 cm³/mol. The number of nitrogens with one attached hydrogen (secondary N) is 1. The van der Waals surface area contributed by atoms with Gasteiger partial charge in [-0.15, -0.1) is 11.6 Å². The number of fused-ring (bicyclic) bond motifs is 1. The number of carbonyl (C=O) groups is 1. The molecule has 0 atom stereocenters. The van der Waals surface area contributed by atoms with Crippen LogP contribution in [0.1, 0.15) is 12.5 Å². The summed E-state index contributed by atoms with van der Waals surface area (Å²) in [5.74, 6) is 0.766. The summed E-state index contributed by atoms with van der Waals surface area (Å²) in [6, 6.07) is 5.43. The number of rotatable bonds is 0. The summed E-state index contributed by atoms with van der Waals surface area (Å²) in [4.78, 5) is 10.9. The monoisotopic (exact) mass is 231 g/mol. The first kappa shape index (κ1) is 11.3. The fourth-order valence-electron chi connectivity index (χ4n) is 1.19. The van der Waals surface area contributed by atoms with Gasteiger partial charge in [-0.05, 0) is 17.7 Å². The average Bonchev–Trinajstić information content (AvgIpc) is 2.45. The van der Waals surface area contributed by atoms with Crippen LogP contribution < -0.4 is 5.32 Å². The van der Waals surface area contributed by atoms with Crippen molar-refractivity contribution < 1.29 is 4.79 Å². The zero-order chi connectivity index (χ0) is 10.6. The van der Waals surface area contributed by atoms with Gasteiger partial charge >= 0.3 is 0 Å². The van der Waals surface area contributed by atoms with Gasteiger partial charge in [0.1, 0.15) is 0 Å². The Hall–Kier alpha value is -0.730. The molecule has 2 nitrogen and oxygen atoms in total. The number of hydrogen-bond donors (Lipinski definition) is 1. The summed E-state index contributed by atoms with van der Waals surface area (Å²) in [7, 11) is 0. The first-order chi connectivity index (χ1) is 6.67. The summed E-state index contributed by atoms with van der Waals surface area (Å²) in [5, 5.41) is 3.37. The van der Waals surface area contributed by atoms with Crippen LogP contribution in [0.5, 0.6) is 0 Å². The standard InChI is InChI=1S/C8H6ClNO.C2H5Cl/c9-6-2-1-5-3-8(11)10-7(5)4-6;1-2-3/h1-2,4H,3H2,(H,10,11);2H2,1H3. The molecule has 0 bridgehead atoms. The lowest BCUT2D eigenvalue weighted by molar-refractivity contribution is -0.115. The van der Waals surface area contributed by atoms with Crippen LogP contribution >= 0.6 is 23.2 Å². The third-order valence-electron chi connectivity index (χ3n) is 1.70. The van der Waals surface area contributed by atoms with Crippen molar-refractivity contribution in [1.82, 2.24) is 0 Å². The van der Waals surface area contributed by atoms with Crippen LogP contribution in [0.15, 0.2) is 18.2 Å². The molecule has 1 heterocycles. The van der Waals surface area contributed by atoms with Crippen LogP contribution in [0, 0.1) is 0 Å². The van der Waals surface area contributed by atoms with Crippen LogP contribution in [0.3, 0.4) is 0 Å². The number of amides is 1. The van der Waals surface area contributed by atoms with E-state index in [0.717, 1.165) is 17.1 Å². The first-order valence-electron chi connectivity index (χ1n) is 4.31. The third-order valence-corrected chi connectivity index (χ3v) is 1.93. The van der Waals surface area contributed by atoms with Crippen molar-refractivity contribution in [2.75, 3.05) is 11.2 Å². The van der Waals surface area contributed by atoms with Gasteiger partial charge in [-0.2, -0.15) is 0 Å². The van der Waals surface area contributed by atoms with Crippen molar-refractivity contribution >= 4 is 34.8 Å². The molecular formula is C10H11Cl2NO. The Morgan fingerprint density at radius 3 is 2.79 bits per heavy atom. The summed E-state index contributed by atoms with van der Waals surface area (Å²) in [5.41, 5.74) is 1.88. The van der Waals surface area contributed by atoms with E-state index in [2.05, 4.69) is 5.32 Å². The first-order valence-corrected chi connectivity index (χ1v) is 5.23. The minimum atomic E-state index is 0.0438. The highest BCUT2D eigenvalue weighted by Gasteiger charge is 2.16. The van der Waals surface area contributed by atoms with Crippen molar-refractivity contribution in [2.24, 2.45) is 0 Å². The van der Waals surface area contributed by atoms with Gasteiger partial charge in [-0.1, -0.05) is 24.6 Å². The molecule has 1 N–H and O–H groups in total. The van der Waals surface area contributed by atoms with E-state index < -0.39 is 0 Å². The lowest BCUT2D eigenvalue weighted by Gasteiger charge is -1.96. The smallest absolute Gasteiger partial charge is 0.228 e. The molecular weight excluding hydrogens is 221 g/mol. The zero-order valence-electron chi connectivity index (χ0n) is 7.81. The molecule has 1 aliphatic rings. The van der Waals surface area contributed by atoms with Gasteiger partial charge in [0.25, 0.3) is 0 Å². The van der Waals surface area contributed by atoms with Crippen molar-refractivity contribution in [1.29, 1.82) is 0 Å². The van der Waals surface area contributed by atoms with Gasteiger partial charge in [0.05, 0.1) is 6.42 Å². The number of halogens is 2. The summed E-state index contributed by atoms with van der Waals surface area (Å²) in [6.07, 6.45) is 0.479. The molecule has 0 fully saturated rings. The molecule has 0 aromatic heterocycles. The SMILES string of the molecule is CCCl.O=C1Cc2ccc(Cl)cc2N1. The maximum absolute atomic E-state index is 10.9. The molecule has 0 saturated heterocycles. The normalized spacial score (nSPS) is 12.6. The van der Waals surface area contributed by atoms with E-state index in [1.165, 1.54) is 0 Å². The maximum atomic E-state index is 10.9. The second-order valence-corrected chi connectivity index (χ2v) is 3.76. The second kappa shape index (κ2) is 5.23. The van der Waals surface area contributed by atoms with E-state index >= 15 is 0 Å². The van der Waals surface area contributed by atoms with Crippen molar-refractivity contribution in [3.8, 4) is 0 Å². The van der Waals surface area contributed by atoms with E-state index in [1.54, 1.807) is 12.1 Å². The van der Waals surface area contributed by atoms with Crippen LogP contribution in [-0.4, -0.2) is 11.8 Å². The Labute approximate surface area is 93.2 Å². The Kier molecular flexibility index (Phi) is 4.23.